The van der Waals surface area contributed by atoms with Crippen molar-refractivity contribution in [3.8, 4) is 0 Å². The molecule has 0 aliphatic heterocycles. The zero-order valence-corrected chi connectivity index (χ0v) is 17.6. The number of hydrogen-bond donors (Lipinski definition) is 1. The standard InChI is InChI=1S/C21H18F2N4OS2/c1-13(19-26-17-4-2-3-5-18(17)27(19)21(22)23)25-20(28)14-6-8-16(9-7-14)30-11-15-10-29-12-24-15/h2-10,12-13,21H,11H2,1H3,(H,25,28). The molecule has 0 fully saturated rings. The van der Waals surface area contributed by atoms with Gasteiger partial charge in [-0.3, -0.25) is 9.36 Å². The molecular weight excluding hydrogens is 426 g/mol. The van der Waals surface area contributed by atoms with E-state index in [1.54, 1.807) is 71.9 Å². The lowest BCUT2D eigenvalue weighted by Crippen LogP contribution is -2.28. The van der Waals surface area contributed by atoms with Crippen LogP contribution in [0, 0.1) is 0 Å². The molecule has 0 bridgehead atoms. The van der Waals surface area contributed by atoms with E-state index in [1.807, 2.05) is 17.5 Å². The van der Waals surface area contributed by atoms with E-state index in [2.05, 4.69) is 15.3 Å². The van der Waals surface area contributed by atoms with Gasteiger partial charge in [0.05, 0.1) is 28.3 Å². The summed E-state index contributed by atoms with van der Waals surface area (Å²) in [6, 6.07) is 13.2. The van der Waals surface area contributed by atoms with E-state index < -0.39 is 12.6 Å². The van der Waals surface area contributed by atoms with Crippen LogP contribution in [0.15, 0.2) is 64.3 Å². The van der Waals surface area contributed by atoms with Crippen LogP contribution in [0.4, 0.5) is 8.78 Å². The molecule has 154 valence electrons. The minimum atomic E-state index is -2.75. The molecule has 1 amide bonds. The third-order valence-corrected chi connectivity index (χ3v) is 6.22. The average Bonchev–Trinajstić information content (AvgIpc) is 3.40. The SMILES string of the molecule is CC(NC(=O)c1ccc(SCc2cscn2)cc1)c1nc2ccccc2n1C(F)F. The molecule has 1 atom stereocenters. The minimum absolute atomic E-state index is 0.120. The van der Waals surface area contributed by atoms with Crippen LogP contribution in [0.3, 0.4) is 0 Å². The molecule has 0 saturated heterocycles. The molecule has 1 N–H and O–H groups in total. The Kier molecular flexibility index (Phi) is 6.10. The number of para-hydroxylation sites is 2. The molecule has 0 spiro atoms. The Morgan fingerprint density at radius 1 is 1.20 bits per heavy atom. The summed E-state index contributed by atoms with van der Waals surface area (Å²) in [6.45, 7) is -1.10. The second-order valence-corrected chi connectivity index (χ2v) is 8.36. The first-order valence-corrected chi connectivity index (χ1v) is 11.1. The Morgan fingerprint density at radius 3 is 2.67 bits per heavy atom. The van der Waals surface area contributed by atoms with Gasteiger partial charge >= 0.3 is 6.55 Å². The lowest BCUT2D eigenvalue weighted by atomic mass is 10.2. The predicted molar refractivity (Wildman–Crippen MR) is 115 cm³/mol. The number of fused-ring (bicyclic) bond motifs is 1. The minimum Gasteiger partial charge on any atom is -0.342 e. The van der Waals surface area contributed by atoms with Crippen molar-refractivity contribution >= 4 is 40.0 Å². The summed E-state index contributed by atoms with van der Waals surface area (Å²) >= 11 is 3.19. The quantitative estimate of drug-likeness (QED) is 0.373. The Hall–Kier alpha value is -2.78. The predicted octanol–water partition coefficient (Wildman–Crippen LogP) is 5.67. The molecule has 5 nitrogen and oxygen atoms in total. The Morgan fingerprint density at radius 2 is 1.97 bits per heavy atom. The van der Waals surface area contributed by atoms with Crippen LogP contribution >= 0.6 is 23.1 Å². The molecule has 2 aromatic carbocycles. The number of amides is 1. The highest BCUT2D eigenvalue weighted by Crippen LogP contribution is 2.27. The van der Waals surface area contributed by atoms with Crippen molar-refractivity contribution in [1.29, 1.82) is 0 Å². The zero-order valence-electron chi connectivity index (χ0n) is 16.0. The molecule has 30 heavy (non-hydrogen) atoms. The van der Waals surface area contributed by atoms with E-state index >= 15 is 0 Å². The Labute approximate surface area is 180 Å². The van der Waals surface area contributed by atoms with E-state index in [0.29, 0.717) is 16.6 Å². The fourth-order valence-corrected chi connectivity index (χ4v) is 4.55. The third-order valence-electron chi connectivity index (χ3n) is 4.54. The first-order chi connectivity index (χ1) is 14.5. The van der Waals surface area contributed by atoms with E-state index in [1.165, 1.54) is 0 Å². The molecule has 0 aliphatic rings. The van der Waals surface area contributed by atoms with Crippen molar-refractivity contribution < 1.29 is 13.6 Å². The Bertz CT molecular complexity index is 1140. The molecule has 1 unspecified atom stereocenters. The lowest BCUT2D eigenvalue weighted by molar-refractivity contribution is 0.0688. The number of aromatic nitrogens is 3. The van der Waals surface area contributed by atoms with Gasteiger partial charge in [0, 0.05) is 21.6 Å². The Balaban J connectivity index is 1.46. The molecule has 9 heteroatoms. The van der Waals surface area contributed by atoms with Crippen LogP contribution in [0.5, 0.6) is 0 Å². The number of carbonyl (C=O) groups excluding carboxylic acids is 1. The summed E-state index contributed by atoms with van der Waals surface area (Å²) in [6.07, 6.45) is 0. The van der Waals surface area contributed by atoms with Crippen LogP contribution in [-0.2, 0) is 5.75 Å². The highest BCUT2D eigenvalue weighted by Gasteiger charge is 2.23. The van der Waals surface area contributed by atoms with Crippen LogP contribution in [0.2, 0.25) is 0 Å². The van der Waals surface area contributed by atoms with Gasteiger partial charge in [-0.25, -0.2) is 9.97 Å². The summed E-state index contributed by atoms with van der Waals surface area (Å²) in [4.78, 5) is 22.2. The summed E-state index contributed by atoms with van der Waals surface area (Å²) in [5.74, 6) is 0.539. The topological polar surface area (TPSA) is 59.8 Å². The number of alkyl halides is 2. The van der Waals surface area contributed by atoms with Gasteiger partial charge in [0.15, 0.2) is 0 Å². The van der Waals surface area contributed by atoms with Crippen molar-refractivity contribution in [2.45, 2.75) is 30.2 Å². The molecule has 0 aliphatic carbocycles. The number of benzene rings is 2. The van der Waals surface area contributed by atoms with E-state index in [9.17, 15) is 13.6 Å². The van der Waals surface area contributed by atoms with Crippen molar-refractivity contribution in [2.24, 2.45) is 0 Å². The summed E-state index contributed by atoms with van der Waals surface area (Å²) < 4.78 is 28.1. The van der Waals surface area contributed by atoms with E-state index in [4.69, 9.17) is 0 Å². The maximum Gasteiger partial charge on any atom is 0.320 e. The van der Waals surface area contributed by atoms with Crippen molar-refractivity contribution in [3.05, 3.63) is 76.5 Å². The largest absolute Gasteiger partial charge is 0.342 e. The van der Waals surface area contributed by atoms with Crippen molar-refractivity contribution in [1.82, 2.24) is 19.9 Å². The molecule has 0 radical (unpaired) electrons. The van der Waals surface area contributed by atoms with Gasteiger partial charge in [0.2, 0.25) is 0 Å². The fourth-order valence-electron chi connectivity index (χ4n) is 3.09. The normalized spacial score (nSPS) is 12.4. The first kappa shape index (κ1) is 20.5. The summed E-state index contributed by atoms with van der Waals surface area (Å²) in [5.41, 5.74) is 4.08. The number of imidazole rings is 1. The van der Waals surface area contributed by atoms with Gasteiger partial charge in [-0.1, -0.05) is 12.1 Å². The van der Waals surface area contributed by atoms with Crippen molar-refractivity contribution in [2.75, 3.05) is 0 Å². The highest BCUT2D eigenvalue weighted by molar-refractivity contribution is 7.98. The number of halogens is 2. The number of nitrogens with one attached hydrogen (secondary N) is 1. The number of hydrogen-bond acceptors (Lipinski definition) is 5. The summed E-state index contributed by atoms with van der Waals surface area (Å²) in [7, 11) is 0. The average molecular weight is 445 g/mol. The van der Waals surface area contributed by atoms with Crippen LogP contribution in [-0.4, -0.2) is 20.4 Å². The molecular formula is C21H18F2N4OS2. The number of rotatable bonds is 7. The van der Waals surface area contributed by atoms with E-state index in [-0.39, 0.29) is 11.7 Å². The van der Waals surface area contributed by atoms with Crippen LogP contribution in [0.25, 0.3) is 11.0 Å². The first-order valence-electron chi connectivity index (χ1n) is 9.18. The number of thioether (sulfide) groups is 1. The van der Waals surface area contributed by atoms with Gasteiger partial charge < -0.3 is 5.32 Å². The number of thiazole rings is 1. The number of carbonyl (C=O) groups is 1. The third kappa shape index (κ3) is 4.36. The molecule has 0 saturated carbocycles. The highest BCUT2D eigenvalue weighted by atomic mass is 32.2. The van der Waals surface area contributed by atoms with Gasteiger partial charge in [-0.05, 0) is 43.3 Å². The molecule has 2 aromatic heterocycles. The fraction of sp³-hybridized carbons (Fsp3) is 0.190. The van der Waals surface area contributed by atoms with Gasteiger partial charge in [-0.2, -0.15) is 8.78 Å². The second kappa shape index (κ2) is 8.93. The van der Waals surface area contributed by atoms with Crippen molar-refractivity contribution in [3.63, 3.8) is 0 Å². The number of nitrogens with zero attached hydrogens (tertiary/aromatic N) is 3. The second-order valence-electron chi connectivity index (χ2n) is 6.59. The summed E-state index contributed by atoms with van der Waals surface area (Å²) in [5, 5.41) is 4.77. The smallest absolute Gasteiger partial charge is 0.320 e. The molecule has 4 aromatic rings. The van der Waals surface area contributed by atoms with Crippen LogP contribution < -0.4 is 5.32 Å². The molecule has 2 heterocycles. The lowest BCUT2D eigenvalue weighted by Gasteiger charge is -2.16. The monoisotopic (exact) mass is 444 g/mol. The van der Waals surface area contributed by atoms with E-state index in [0.717, 1.165) is 20.9 Å². The van der Waals surface area contributed by atoms with Gasteiger partial charge in [0.1, 0.15) is 5.82 Å². The zero-order chi connectivity index (χ0) is 21.1. The maximum atomic E-state index is 13.6. The molecule has 4 rings (SSSR count). The van der Waals surface area contributed by atoms with Crippen LogP contribution in [0.1, 0.15) is 41.4 Å². The maximum absolute atomic E-state index is 13.6. The van der Waals surface area contributed by atoms with Gasteiger partial charge in [0.25, 0.3) is 5.91 Å². The van der Waals surface area contributed by atoms with Gasteiger partial charge in [-0.15, -0.1) is 23.1 Å².